The maximum atomic E-state index is 11.1. The lowest BCUT2D eigenvalue weighted by atomic mass is 10.2. The van der Waals surface area contributed by atoms with Gasteiger partial charge in [0.05, 0.1) is 0 Å². The molecule has 0 radical (unpaired) electrons. The van der Waals surface area contributed by atoms with Crippen molar-refractivity contribution in [3.05, 3.63) is 12.2 Å². The Morgan fingerprint density at radius 2 is 2.25 bits per heavy atom. The number of nitrogens with two attached hydrogens (primary N) is 1. The highest BCUT2D eigenvalue weighted by Crippen LogP contribution is 2.04. The Kier molecular flexibility index (Phi) is 3.80. The normalized spacial score (nSPS) is 16.1. The molecular weight excluding hydrogens is 152 g/mol. The minimum Gasteiger partial charge on any atom is -0.335 e. The van der Waals surface area contributed by atoms with Gasteiger partial charge >= 0.3 is 0 Å². The first kappa shape index (κ1) is 9.26. The molecule has 1 amide bonds. The van der Waals surface area contributed by atoms with Crippen molar-refractivity contribution in [2.75, 3.05) is 19.6 Å². The van der Waals surface area contributed by atoms with Gasteiger partial charge in [0.1, 0.15) is 0 Å². The molecule has 1 rings (SSSR count). The van der Waals surface area contributed by atoms with E-state index in [0.717, 1.165) is 38.9 Å². The highest BCUT2D eigenvalue weighted by Gasteiger charge is 2.12. The van der Waals surface area contributed by atoms with Gasteiger partial charge in [0, 0.05) is 19.2 Å². The molecule has 3 heteroatoms. The van der Waals surface area contributed by atoms with Crippen LogP contribution in [-0.2, 0) is 4.79 Å². The van der Waals surface area contributed by atoms with Crippen molar-refractivity contribution in [2.45, 2.75) is 19.3 Å². The van der Waals surface area contributed by atoms with Crippen LogP contribution in [0.15, 0.2) is 12.2 Å². The number of carbonyl (C=O) groups excluding carboxylic acids is 1. The standard InChI is InChI=1S/C9H16N2O/c10-6-2-1-3-7-11-8-4-5-9(11)12/h4-5H,1-3,6-8,10H2. The van der Waals surface area contributed by atoms with E-state index in [1.54, 1.807) is 6.08 Å². The fourth-order valence-corrected chi connectivity index (χ4v) is 1.30. The molecule has 0 bridgehead atoms. The lowest BCUT2D eigenvalue weighted by molar-refractivity contribution is -0.124. The molecule has 3 nitrogen and oxygen atoms in total. The summed E-state index contributed by atoms with van der Waals surface area (Å²) in [5.74, 6) is 0.155. The molecule has 0 aromatic heterocycles. The molecule has 1 aliphatic rings. The van der Waals surface area contributed by atoms with E-state index in [1.165, 1.54) is 0 Å². The average molecular weight is 168 g/mol. The minimum atomic E-state index is 0.155. The molecule has 0 saturated heterocycles. The topological polar surface area (TPSA) is 46.3 Å². The van der Waals surface area contributed by atoms with Crippen LogP contribution in [0.25, 0.3) is 0 Å². The van der Waals surface area contributed by atoms with Crippen molar-refractivity contribution >= 4 is 5.91 Å². The monoisotopic (exact) mass is 168 g/mol. The van der Waals surface area contributed by atoms with Gasteiger partial charge in [-0.15, -0.1) is 0 Å². The summed E-state index contributed by atoms with van der Waals surface area (Å²) in [6.45, 7) is 2.43. The van der Waals surface area contributed by atoms with Gasteiger partial charge in [-0.25, -0.2) is 0 Å². The van der Waals surface area contributed by atoms with E-state index in [0.29, 0.717) is 0 Å². The molecule has 0 atom stereocenters. The summed E-state index contributed by atoms with van der Waals surface area (Å²) in [4.78, 5) is 12.9. The molecule has 68 valence electrons. The van der Waals surface area contributed by atoms with Crippen LogP contribution in [0.4, 0.5) is 0 Å². The van der Waals surface area contributed by atoms with Crippen molar-refractivity contribution in [1.29, 1.82) is 0 Å². The first-order chi connectivity index (χ1) is 5.84. The number of unbranched alkanes of at least 4 members (excludes halogenated alkanes) is 2. The van der Waals surface area contributed by atoms with E-state index in [9.17, 15) is 4.79 Å². The third-order valence-electron chi connectivity index (χ3n) is 2.03. The molecule has 2 N–H and O–H groups in total. The summed E-state index contributed by atoms with van der Waals surface area (Å²) in [6.07, 6.45) is 6.81. The highest BCUT2D eigenvalue weighted by molar-refractivity contribution is 5.89. The number of amides is 1. The van der Waals surface area contributed by atoms with Crippen LogP contribution in [0.1, 0.15) is 19.3 Å². The van der Waals surface area contributed by atoms with Crippen LogP contribution in [0.5, 0.6) is 0 Å². The first-order valence-corrected chi connectivity index (χ1v) is 4.50. The number of hydrogen-bond acceptors (Lipinski definition) is 2. The molecule has 0 saturated carbocycles. The Bertz CT molecular complexity index is 177. The van der Waals surface area contributed by atoms with Crippen LogP contribution in [-0.4, -0.2) is 30.4 Å². The molecule has 0 fully saturated rings. The predicted octanol–water partition coefficient (Wildman–Crippen LogP) is 0.514. The van der Waals surface area contributed by atoms with E-state index in [2.05, 4.69) is 0 Å². The molecule has 0 aliphatic carbocycles. The second-order valence-electron chi connectivity index (χ2n) is 3.04. The van der Waals surface area contributed by atoms with Crippen molar-refractivity contribution < 1.29 is 4.79 Å². The fourth-order valence-electron chi connectivity index (χ4n) is 1.30. The third-order valence-corrected chi connectivity index (χ3v) is 2.03. The van der Waals surface area contributed by atoms with E-state index in [1.807, 2.05) is 11.0 Å². The molecule has 0 aromatic carbocycles. The quantitative estimate of drug-likeness (QED) is 0.608. The van der Waals surface area contributed by atoms with Gasteiger partial charge in [0.25, 0.3) is 0 Å². The maximum Gasteiger partial charge on any atom is 0.246 e. The van der Waals surface area contributed by atoms with Crippen LogP contribution in [0.2, 0.25) is 0 Å². The van der Waals surface area contributed by atoms with Gasteiger partial charge in [-0.2, -0.15) is 0 Å². The van der Waals surface area contributed by atoms with Crippen LogP contribution >= 0.6 is 0 Å². The second-order valence-corrected chi connectivity index (χ2v) is 3.04. The predicted molar refractivity (Wildman–Crippen MR) is 48.6 cm³/mol. The molecule has 0 aromatic rings. The van der Waals surface area contributed by atoms with Gasteiger partial charge in [-0.05, 0) is 19.4 Å². The van der Waals surface area contributed by atoms with E-state index >= 15 is 0 Å². The Hall–Kier alpha value is -0.830. The van der Waals surface area contributed by atoms with Crippen LogP contribution in [0, 0.1) is 0 Å². The van der Waals surface area contributed by atoms with Gasteiger partial charge in [-0.3, -0.25) is 4.79 Å². The summed E-state index contributed by atoms with van der Waals surface area (Å²) in [7, 11) is 0. The zero-order valence-corrected chi connectivity index (χ0v) is 7.33. The Balaban J connectivity index is 2.04. The van der Waals surface area contributed by atoms with Crippen LogP contribution < -0.4 is 5.73 Å². The number of rotatable bonds is 5. The smallest absolute Gasteiger partial charge is 0.246 e. The number of carbonyl (C=O) groups is 1. The Morgan fingerprint density at radius 3 is 2.83 bits per heavy atom. The van der Waals surface area contributed by atoms with Gasteiger partial charge in [0.2, 0.25) is 5.91 Å². The molecule has 0 spiro atoms. The van der Waals surface area contributed by atoms with Crippen molar-refractivity contribution in [2.24, 2.45) is 5.73 Å². The third kappa shape index (κ3) is 2.66. The summed E-state index contributed by atoms with van der Waals surface area (Å²) in [5, 5.41) is 0. The second kappa shape index (κ2) is 4.93. The van der Waals surface area contributed by atoms with Crippen LogP contribution in [0.3, 0.4) is 0 Å². The van der Waals surface area contributed by atoms with E-state index < -0.39 is 0 Å². The van der Waals surface area contributed by atoms with E-state index in [-0.39, 0.29) is 5.91 Å². The first-order valence-electron chi connectivity index (χ1n) is 4.50. The zero-order chi connectivity index (χ0) is 8.81. The summed E-state index contributed by atoms with van der Waals surface area (Å²) in [6, 6.07) is 0. The molecular formula is C9H16N2O. The molecule has 1 aliphatic heterocycles. The zero-order valence-electron chi connectivity index (χ0n) is 7.33. The summed E-state index contributed by atoms with van der Waals surface area (Å²) in [5.41, 5.74) is 5.36. The largest absolute Gasteiger partial charge is 0.335 e. The lowest BCUT2D eigenvalue weighted by Crippen LogP contribution is -2.26. The van der Waals surface area contributed by atoms with E-state index in [4.69, 9.17) is 5.73 Å². The lowest BCUT2D eigenvalue weighted by Gasteiger charge is -2.14. The Labute approximate surface area is 73.2 Å². The highest BCUT2D eigenvalue weighted by atomic mass is 16.2. The maximum absolute atomic E-state index is 11.1. The Morgan fingerprint density at radius 1 is 1.42 bits per heavy atom. The average Bonchev–Trinajstić information content (AvgIpc) is 2.46. The van der Waals surface area contributed by atoms with Gasteiger partial charge < -0.3 is 10.6 Å². The summed E-state index contributed by atoms with van der Waals surface area (Å²) < 4.78 is 0. The summed E-state index contributed by atoms with van der Waals surface area (Å²) >= 11 is 0. The van der Waals surface area contributed by atoms with Crippen molar-refractivity contribution in [3.8, 4) is 0 Å². The molecule has 12 heavy (non-hydrogen) atoms. The molecule has 1 heterocycles. The molecule has 0 unspecified atom stereocenters. The van der Waals surface area contributed by atoms with Crippen molar-refractivity contribution in [3.63, 3.8) is 0 Å². The van der Waals surface area contributed by atoms with Crippen molar-refractivity contribution in [1.82, 2.24) is 4.90 Å². The number of nitrogens with zero attached hydrogens (tertiary/aromatic N) is 1. The van der Waals surface area contributed by atoms with Gasteiger partial charge in [-0.1, -0.05) is 12.5 Å². The minimum absolute atomic E-state index is 0.155. The fraction of sp³-hybridized carbons (Fsp3) is 0.667. The number of hydrogen-bond donors (Lipinski definition) is 1. The van der Waals surface area contributed by atoms with Gasteiger partial charge in [0.15, 0.2) is 0 Å². The SMILES string of the molecule is NCCCCCN1CC=CC1=O.